The van der Waals surface area contributed by atoms with Crippen LogP contribution in [-0.2, 0) is 9.59 Å². The number of amides is 1. The van der Waals surface area contributed by atoms with Crippen LogP contribution in [0.5, 0.6) is 5.75 Å². The van der Waals surface area contributed by atoms with Crippen LogP contribution in [0.25, 0.3) is 0 Å². The van der Waals surface area contributed by atoms with E-state index in [1.807, 2.05) is 18.2 Å². The van der Waals surface area contributed by atoms with Gasteiger partial charge in [0.15, 0.2) is 6.10 Å². The Kier molecular flexibility index (Phi) is 3.51. The number of carbonyl (C=O) groups is 2. The SMILES string of the molecule is O=C(O)C1C=CC(NC(=O)C2CNc3ccccc3O2)C1. The smallest absolute Gasteiger partial charge is 0.310 e. The molecule has 3 rings (SSSR count). The quantitative estimate of drug-likeness (QED) is 0.722. The fourth-order valence-electron chi connectivity index (χ4n) is 2.52. The van der Waals surface area contributed by atoms with E-state index in [9.17, 15) is 9.59 Å². The monoisotopic (exact) mass is 288 g/mol. The Labute approximate surface area is 121 Å². The van der Waals surface area contributed by atoms with Crippen molar-refractivity contribution in [2.45, 2.75) is 18.6 Å². The Balaban J connectivity index is 1.58. The van der Waals surface area contributed by atoms with E-state index in [-0.39, 0.29) is 11.9 Å². The number of fused-ring (bicyclic) bond motifs is 1. The first kappa shape index (κ1) is 13.5. The Morgan fingerprint density at radius 3 is 2.86 bits per heavy atom. The van der Waals surface area contributed by atoms with Gasteiger partial charge in [0.25, 0.3) is 5.91 Å². The molecule has 0 spiro atoms. The lowest BCUT2D eigenvalue weighted by molar-refractivity contribution is -0.140. The molecule has 0 fully saturated rings. The highest BCUT2D eigenvalue weighted by molar-refractivity contribution is 5.84. The lowest BCUT2D eigenvalue weighted by Crippen LogP contribution is -2.47. The summed E-state index contributed by atoms with van der Waals surface area (Å²) >= 11 is 0. The third-order valence-corrected chi connectivity index (χ3v) is 3.66. The second kappa shape index (κ2) is 5.47. The van der Waals surface area contributed by atoms with Gasteiger partial charge in [-0.25, -0.2) is 0 Å². The molecule has 0 saturated carbocycles. The van der Waals surface area contributed by atoms with Gasteiger partial charge in [0.05, 0.1) is 18.2 Å². The highest BCUT2D eigenvalue weighted by atomic mass is 16.5. The zero-order valence-corrected chi connectivity index (χ0v) is 11.3. The van der Waals surface area contributed by atoms with Crippen molar-refractivity contribution in [3.63, 3.8) is 0 Å². The molecular weight excluding hydrogens is 272 g/mol. The summed E-state index contributed by atoms with van der Waals surface area (Å²) in [7, 11) is 0. The second-order valence-corrected chi connectivity index (χ2v) is 5.16. The van der Waals surface area contributed by atoms with Gasteiger partial charge in [-0.1, -0.05) is 24.3 Å². The van der Waals surface area contributed by atoms with E-state index in [1.165, 1.54) is 0 Å². The van der Waals surface area contributed by atoms with Gasteiger partial charge >= 0.3 is 5.97 Å². The maximum absolute atomic E-state index is 12.2. The van der Waals surface area contributed by atoms with Crippen LogP contribution >= 0.6 is 0 Å². The van der Waals surface area contributed by atoms with Crippen LogP contribution in [0.4, 0.5) is 5.69 Å². The third-order valence-electron chi connectivity index (χ3n) is 3.66. The van der Waals surface area contributed by atoms with Crippen molar-refractivity contribution >= 4 is 17.6 Å². The summed E-state index contributed by atoms with van der Waals surface area (Å²) in [5.41, 5.74) is 0.869. The molecule has 1 aromatic rings. The van der Waals surface area contributed by atoms with Crippen LogP contribution < -0.4 is 15.4 Å². The Morgan fingerprint density at radius 1 is 1.29 bits per heavy atom. The maximum atomic E-state index is 12.2. The van der Waals surface area contributed by atoms with Gasteiger partial charge in [0.2, 0.25) is 0 Å². The summed E-state index contributed by atoms with van der Waals surface area (Å²) in [6.07, 6.45) is 3.11. The molecule has 0 aromatic heterocycles. The van der Waals surface area contributed by atoms with Crippen molar-refractivity contribution in [1.29, 1.82) is 0 Å². The Morgan fingerprint density at radius 2 is 2.10 bits per heavy atom. The molecule has 1 aliphatic carbocycles. The molecule has 0 bridgehead atoms. The molecule has 1 aliphatic heterocycles. The van der Waals surface area contributed by atoms with E-state index in [0.717, 1.165) is 5.69 Å². The van der Waals surface area contributed by atoms with Crippen LogP contribution in [0, 0.1) is 5.92 Å². The van der Waals surface area contributed by atoms with Gasteiger partial charge in [0, 0.05) is 6.04 Å². The van der Waals surface area contributed by atoms with Gasteiger partial charge in [-0.15, -0.1) is 0 Å². The molecule has 1 aromatic carbocycles. The average molecular weight is 288 g/mol. The van der Waals surface area contributed by atoms with E-state index in [2.05, 4.69) is 10.6 Å². The average Bonchev–Trinajstić information content (AvgIpc) is 2.95. The molecule has 110 valence electrons. The number of aliphatic carboxylic acids is 1. The van der Waals surface area contributed by atoms with Crippen LogP contribution in [0.2, 0.25) is 0 Å². The number of nitrogens with one attached hydrogen (secondary N) is 2. The topological polar surface area (TPSA) is 87.7 Å². The minimum Gasteiger partial charge on any atom is -0.481 e. The first-order chi connectivity index (χ1) is 10.1. The number of para-hydroxylation sites is 2. The number of rotatable bonds is 3. The predicted octanol–water partition coefficient (Wildman–Crippen LogP) is 1.00. The van der Waals surface area contributed by atoms with Gasteiger partial charge in [-0.05, 0) is 18.6 Å². The molecule has 0 saturated heterocycles. The fraction of sp³-hybridized carbons (Fsp3) is 0.333. The first-order valence-electron chi connectivity index (χ1n) is 6.84. The van der Waals surface area contributed by atoms with Gasteiger partial charge in [-0.2, -0.15) is 0 Å². The van der Waals surface area contributed by atoms with E-state index in [4.69, 9.17) is 9.84 Å². The van der Waals surface area contributed by atoms with Crippen molar-refractivity contribution in [3.05, 3.63) is 36.4 Å². The van der Waals surface area contributed by atoms with Gasteiger partial charge in [-0.3, -0.25) is 9.59 Å². The van der Waals surface area contributed by atoms with Gasteiger partial charge in [0.1, 0.15) is 5.75 Å². The molecule has 3 N–H and O–H groups in total. The number of hydrogen-bond acceptors (Lipinski definition) is 4. The molecule has 0 radical (unpaired) electrons. The van der Waals surface area contributed by atoms with Crippen LogP contribution in [0.3, 0.4) is 0 Å². The summed E-state index contributed by atoms with van der Waals surface area (Å²) in [5.74, 6) is -0.985. The van der Waals surface area contributed by atoms with E-state index >= 15 is 0 Å². The van der Waals surface area contributed by atoms with E-state index in [0.29, 0.717) is 18.7 Å². The molecule has 21 heavy (non-hydrogen) atoms. The first-order valence-corrected chi connectivity index (χ1v) is 6.84. The summed E-state index contributed by atoms with van der Waals surface area (Å²) in [6, 6.07) is 7.18. The largest absolute Gasteiger partial charge is 0.481 e. The molecule has 6 heteroatoms. The highest BCUT2D eigenvalue weighted by Gasteiger charge is 2.30. The summed E-state index contributed by atoms with van der Waals surface area (Å²) in [4.78, 5) is 23.1. The summed E-state index contributed by atoms with van der Waals surface area (Å²) < 4.78 is 5.66. The van der Waals surface area contributed by atoms with E-state index < -0.39 is 18.0 Å². The van der Waals surface area contributed by atoms with Crippen LogP contribution in [0.1, 0.15) is 6.42 Å². The predicted molar refractivity (Wildman–Crippen MR) is 76.2 cm³/mol. The van der Waals surface area contributed by atoms with Crippen molar-refractivity contribution in [2.24, 2.45) is 5.92 Å². The van der Waals surface area contributed by atoms with Crippen molar-refractivity contribution in [1.82, 2.24) is 5.32 Å². The Hall–Kier alpha value is -2.50. The summed E-state index contributed by atoms with van der Waals surface area (Å²) in [5, 5.41) is 14.9. The van der Waals surface area contributed by atoms with Crippen molar-refractivity contribution in [3.8, 4) is 5.75 Å². The second-order valence-electron chi connectivity index (χ2n) is 5.16. The Bertz CT molecular complexity index is 599. The highest BCUT2D eigenvalue weighted by Crippen LogP contribution is 2.28. The van der Waals surface area contributed by atoms with Crippen LogP contribution in [-0.4, -0.2) is 35.7 Å². The van der Waals surface area contributed by atoms with Crippen molar-refractivity contribution in [2.75, 3.05) is 11.9 Å². The van der Waals surface area contributed by atoms with Crippen molar-refractivity contribution < 1.29 is 19.4 Å². The molecule has 6 nitrogen and oxygen atoms in total. The maximum Gasteiger partial charge on any atom is 0.310 e. The number of carboxylic acids is 1. The number of ether oxygens (including phenoxy) is 1. The molecule has 3 unspecified atom stereocenters. The number of carboxylic acid groups (broad SMARTS) is 1. The minimum atomic E-state index is -0.868. The number of hydrogen-bond donors (Lipinski definition) is 3. The molecule has 2 aliphatic rings. The van der Waals surface area contributed by atoms with E-state index in [1.54, 1.807) is 18.2 Å². The normalized spacial score (nSPS) is 26.4. The van der Waals surface area contributed by atoms with Crippen LogP contribution in [0.15, 0.2) is 36.4 Å². The zero-order valence-electron chi connectivity index (χ0n) is 11.3. The molecular formula is C15H16N2O4. The standard InChI is InChI=1S/C15H16N2O4/c18-14(17-10-6-5-9(7-10)15(19)20)13-8-16-11-3-1-2-4-12(11)21-13/h1-6,9-10,13,16H,7-8H2,(H,17,18)(H,19,20). The lowest BCUT2D eigenvalue weighted by Gasteiger charge is -2.27. The number of carbonyl (C=O) groups excluding carboxylic acids is 1. The fourth-order valence-corrected chi connectivity index (χ4v) is 2.52. The number of benzene rings is 1. The van der Waals surface area contributed by atoms with Gasteiger partial charge < -0.3 is 20.5 Å². The lowest BCUT2D eigenvalue weighted by atomic mass is 10.1. The number of anilines is 1. The molecule has 1 amide bonds. The summed E-state index contributed by atoms with van der Waals surface area (Å²) in [6.45, 7) is 0.391. The third kappa shape index (κ3) is 2.84. The molecule has 3 atom stereocenters. The zero-order chi connectivity index (χ0) is 14.8. The molecule has 1 heterocycles. The minimum absolute atomic E-state index is 0.238.